The summed E-state index contributed by atoms with van der Waals surface area (Å²) in [6.45, 7) is 3.68. The molecule has 49 heavy (non-hydrogen) atoms. The Morgan fingerprint density at radius 1 is 1.08 bits per heavy atom. The van der Waals surface area contributed by atoms with Crippen molar-refractivity contribution in [2.45, 2.75) is 50.6 Å². The number of nitrogens with one attached hydrogen (secondary N) is 2. The van der Waals surface area contributed by atoms with E-state index in [2.05, 4.69) is 15.6 Å². The topological polar surface area (TPSA) is 166 Å². The van der Waals surface area contributed by atoms with E-state index in [4.69, 9.17) is 18.6 Å². The van der Waals surface area contributed by atoms with E-state index < -0.39 is 51.7 Å². The summed E-state index contributed by atoms with van der Waals surface area (Å²) in [5.41, 5.74) is 1.04. The average molecular weight is 687 g/mol. The second-order valence-corrected chi connectivity index (χ2v) is 14.5. The summed E-state index contributed by atoms with van der Waals surface area (Å²) in [5, 5.41) is 5.66. The van der Waals surface area contributed by atoms with Gasteiger partial charge in [0.1, 0.15) is 29.9 Å². The van der Waals surface area contributed by atoms with Crippen LogP contribution in [0.2, 0.25) is 0 Å². The number of methoxy groups -OCH3 is 1. The fourth-order valence-electron chi connectivity index (χ4n) is 6.88. The van der Waals surface area contributed by atoms with Crippen LogP contribution in [0.3, 0.4) is 0 Å². The zero-order chi connectivity index (χ0) is 34.7. The first-order chi connectivity index (χ1) is 23.4. The van der Waals surface area contributed by atoms with Gasteiger partial charge in [0.25, 0.3) is 0 Å². The van der Waals surface area contributed by atoms with Crippen LogP contribution in [0.1, 0.15) is 64.3 Å². The minimum absolute atomic E-state index is 0.00136. The lowest BCUT2D eigenvalue weighted by atomic mass is 9.72. The molecule has 3 aliphatic heterocycles. The number of aromatic nitrogens is 1. The molecule has 3 aromatic carbocycles. The summed E-state index contributed by atoms with van der Waals surface area (Å²) >= 11 is 0. The standard InChI is InChI=1S/C35H34N4O9S/c1-19(2)27-31-38-28(32(41)45-3)29(48-31)35-22-12-8-9-13-25(22)39(49(4,43)44)33(35)47-26-15-14-21(16-23(26)35)17-24(30(40)37-27)36-34(42)46-18-20-10-6-5-7-11-20/h5-16,19,24,27,33H,17-18H2,1-4H3,(H,36,42)(H,37,40)/t24-,27-,33-,35?/m0/s1. The summed E-state index contributed by atoms with van der Waals surface area (Å²) < 4.78 is 51.7. The molecule has 4 aromatic rings. The van der Waals surface area contributed by atoms with Crippen LogP contribution in [0.5, 0.6) is 5.75 Å². The van der Waals surface area contributed by atoms with Crippen molar-refractivity contribution in [1.82, 2.24) is 15.6 Å². The van der Waals surface area contributed by atoms with Crippen LogP contribution in [0.25, 0.3) is 0 Å². The molecule has 1 unspecified atom stereocenters. The number of sulfonamides is 1. The van der Waals surface area contributed by atoms with Gasteiger partial charge in [0, 0.05) is 17.5 Å². The van der Waals surface area contributed by atoms with E-state index in [1.54, 1.807) is 42.5 Å². The van der Waals surface area contributed by atoms with E-state index in [1.807, 2.05) is 44.2 Å². The van der Waals surface area contributed by atoms with Crippen molar-refractivity contribution in [2.24, 2.45) is 5.92 Å². The minimum atomic E-state index is -3.95. The molecule has 254 valence electrons. The van der Waals surface area contributed by atoms with Crippen molar-refractivity contribution in [3.8, 4) is 5.75 Å². The van der Waals surface area contributed by atoms with Crippen LogP contribution in [0, 0.1) is 5.92 Å². The smallest absolute Gasteiger partial charge is 0.408 e. The van der Waals surface area contributed by atoms with Crippen LogP contribution < -0.4 is 19.7 Å². The van der Waals surface area contributed by atoms with Gasteiger partial charge in [-0.2, -0.15) is 0 Å². The first-order valence-corrected chi connectivity index (χ1v) is 17.5. The molecule has 4 atom stereocenters. The molecule has 0 saturated carbocycles. The Hall–Kier alpha value is -5.37. The lowest BCUT2D eigenvalue weighted by Gasteiger charge is -2.30. The number of carbonyl (C=O) groups excluding carboxylic acids is 3. The molecule has 7 rings (SSSR count). The van der Waals surface area contributed by atoms with Gasteiger partial charge in [0.2, 0.25) is 28.0 Å². The van der Waals surface area contributed by atoms with E-state index in [9.17, 15) is 22.8 Å². The van der Waals surface area contributed by atoms with Crippen LogP contribution in [0.4, 0.5) is 10.5 Å². The zero-order valence-corrected chi connectivity index (χ0v) is 27.9. The zero-order valence-electron chi connectivity index (χ0n) is 27.1. The maximum absolute atomic E-state index is 13.9. The summed E-state index contributed by atoms with van der Waals surface area (Å²) in [6, 6.07) is 19.3. The van der Waals surface area contributed by atoms with E-state index in [0.29, 0.717) is 28.1 Å². The van der Waals surface area contributed by atoms with Crippen molar-refractivity contribution in [3.63, 3.8) is 0 Å². The quantitative estimate of drug-likeness (QED) is 0.284. The third-order valence-corrected chi connectivity index (χ3v) is 10.2. The molecule has 14 heteroatoms. The maximum atomic E-state index is 13.9. The number of oxazole rings is 1. The number of fused-ring (bicyclic) bond motifs is 4. The predicted octanol–water partition coefficient (Wildman–Crippen LogP) is 3.96. The SMILES string of the molecule is COC(=O)c1nc2oc1C13c4cc(ccc4O[C@@H]1N(S(C)(=O)=O)c1ccccc13)C[C@H](NC(=O)OCc1ccccc1)C(=O)N[C@H]2C(C)C. The third-order valence-electron chi connectivity index (χ3n) is 9.09. The average Bonchev–Trinajstić information content (AvgIpc) is 3.73. The number of benzene rings is 3. The third kappa shape index (κ3) is 5.26. The van der Waals surface area contributed by atoms with E-state index in [0.717, 1.165) is 11.8 Å². The molecule has 13 nitrogen and oxygen atoms in total. The van der Waals surface area contributed by atoms with Crippen LogP contribution in [0.15, 0.2) is 77.2 Å². The highest BCUT2D eigenvalue weighted by atomic mass is 32.2. The Balaban J connectivity index is 1.42. The number of nitrogens with zero attached hydrogens (tertiary/aromatic N) is 2. The molecule has 4 heterocycles. The first kappa shape index (κ1) is 32.2. The summed E-state index contributed by atoms with van der Waals surface area (Å²) in [6.07, 6.45) is -0.899. The van der Waals surface area contributed by atoms with E-state index >= 15 is 0 Å². The summed E-state index contributed by atoms with van der Waals surface area (Å²) in [7, 11) is -2.74. The molecule has 0 fully saturated rings. The minimum Gasteiger partial charge on any atom is -0.467 e. The van der Waals surface area contributed by atoms with Gasteiger partial charge in [0.05, 0.1) is 19.1 Å². The van der Waals surface area contributed by atoms with Gasteiger partial charge in [-0.1, -0.05) is 74.5 Å². The number of para-hydroxylation sites is 1. The number of alkyl carbamates (subject to hydrolysis) is 1. The van der Waals surface area contributed by atoms with Gasteiger partial charge in [-0.25, -0.2) is 27.3 Å². The van der Waals surface area contributed by atoms with Crippen molar-refractivity contribution in [1.29, 1.82) is 0 Å². The molecule has 0 radical (unpaired) electrons. The highest BCUT2D eigenvalue weighted by Crippen LogP contribution is 2.61. The van der Waals surface area contributed by atoms with E-state index in [1.165, 1.54) is 11.4 Å². The molecule has 2 N–H and O–H groups in total. The lowest BCUT2D eigenvalue weighted by Crippen LogP contribution is -2.50. The normalized spacial score (nSPS) is 22.2. The number of hydrogen-bond acceptors (Lipinski definition) is 10. The molecular formula is C35H34N4O9S. The lowest BCUT2D eigenvalue weighted by molar-refractivity contribution is -0.124. The number of rotatable bonds is 6. The van der Waals surface area contributed by atoms with Gasteiger partial charge in [-0.15, -0.1) is 0 Å². The molecule has 1 spiro atoms. The number of amides is 2. The molecule has 0 saturated heterocycles. The number of anilines is 1. The van der Waals surface area contributed by atoms with E-state index in [-0.39, 0.29) is 36.3 Å². The van der Waals surface area contributed by atoms with Crippen molar-refractivity contribution in [3.05, 3.63) is 112 Å². The van der Waals surface area contributed by atoms with Crippen LogP contribution in [-0.2, 0) is 42.7 Å². The molecule has 4 bridgehead atoms. The van der Waals surface area contributed by atoms with Crippen molar-refractivity contribution in [2.75, 3.05) is 17.7 Å². The first-order valence-electron chi connectivity index (χ1n) is 15.7. The Bertz CT molecular complexity index is 2080. The Morgan fingerprint density at radius 2 is 1.82 bits per heavy atom. The monoisotopic (exact) mass is 686 g/mol. The number of esters is 1. The van der Waals surface area contributed by atoms with Crippen LogP contribution in [-0.4, -0.2) is 57.0 Å². The van der Waals surface area contributed by atoms with Crippen LogP contribution >= 0.6 is 0 Å². The largest absolute Gasteiger partial charge is 0.467 e. The Kier molecular flexibility index (Phi) is 7.85. The van der Waals surface area contributed by atoms with Gasteiger partial charge in [-0.05, 0) is 29.2 Å². The second kappa shape index (κ2) is 11.9. The number of ether oxygens (including phenoxy) is 3. The highest BCUT2D eigenvalue weighted by Gasteiger charge is 2.65. The van der Waals surface area contributed by atoms with Gasteiger partial charge in [-0.3, -0.25) is 4.79 Å². The van der Waals surface area contributed by atoms with Crippen molar-refractivity contribution >= 4 is 33.7 Å². The van der Waals surface area contributed by atoms with Gasteiger partial charge in [0.15, 0.2) is 11.5 Å². The fraction of sp³-hybridized carbons (Fsp3) is 0.314. The number of carbonyl (C=O) groups is 3. The molecule has 1 aromatic heterocycles. The summed E-state index contributed by atoms with van der Waals surface area (Å²) in [4.78, 5) is 45.1. The maximum Gasteiger partial charge on any atom is 0.408 e. The van der Waals surface area contributed by atoms with Gasteiger partial charge < -0.3 is 29.3 Å². The Labute approximate surface area is 282 Å². The predicted molar refractivity (Wildman–Crippen MR) is 175 cm³/mol. The highest BCUT2D eigenvalue weighted by molar-refractivity contribution is 7.92. The fourth-order valence-corrected chi connectivity index (χ4v) is 7.95. The van der Waals surface area contributed by atoms with Gasteiger partial charge >= 0.3 is 12.1 Å². The molecular weight excluding hydrogens is 652 g/mol. The van der Waals surface area contributed by atoms with Crippen molar-refractivity contribution < 1.29 is 41.4 Å². The molecule has 0 aliphatic carbocycles. The Morgan fingerprint density at radius 3 is 2.53 bits per heavy atom. The summed E-state index contributed by atoms with van der Waals surface area (Å²) in [5.74, 6) is -1.29. The number of hydrogen-bond donors (Lipinski definition) is 2. The second-order valence-electron chi connectivity index (χ2n) is 12.6. The molecule has 3 aliphatic rings. The molecule has 2 amide bonds.